The summed E-state index contributed by atoms with van der Waals surface area (Å²) in [6, 6.07) is 9.91. The van der Waals surface area contributed by atoms with E-state index in [2.05, 4.69) is 9.71 Å². The first-order valence-electron chi connectivity index (χ1n) is 5.66. The highest BCUT2D eigenvalue weighted by atomic mass is 32.2. The first-order chi connectivity index (χ1) is 9.01. The van der Waals surface area contributed by atoms with Crippen LogP contribution in [0.5, 0.6) is 0 Å². The minimum atomic E-state index is -3.69. The Kier molecular flexibility index (Phi) is 3.82. The number of anilines is 1. The van der Waals surface area contributed by atoms with Crippen molar-refractivity contribution in [3.63, 3.8) is 0 Å². The van der Waals surface area contributed by atoms with Crippen LogP contribution in [-0.2, 0) is 16.6 Å². The number of hydrogen-bond donors (Lipinski definition) is 2. The van der Waals surface area contributed by atoms with Crippen molar-refractivity contribution in [2.24, 2.45) is 0 Å². The summed E-state index contributed by atoms with van der Waals surface area (Å²) in [6.07, 6.45) is 1.34. The molecule has 0 amide bonds. The van der Waals surface area contributed by atoms with E-state index in [1.54, 1.807) is 12.1 Å². The van der Waals surface area contributed by atoms with Crippen molar-refractivity contribution in [1.82, 2.24) is 4.98 Å². The van der Waals surface area contributed by atoms with E-state index in [1.807, 2.05) is 19.1 Å². The lowest BCUT2D eigenvalue weighted by atomic mass is 10.2. The van der Waals surface area contributed by atoms with Crippen LogP contribution in [0.2, 0.25) is 0 Å². The zero-order valence-corrected chi connectivity index (χ0v) is 11.2. The van der Waals surface area contributed by atoms with Gasteiger partial charge < -0.3 is 5.11 Å². The molecule has 19 heavy (non-hydrogen) atoms. The molecule has 0 atom stereocenters. The zero-order chi connectivity index (χ0) is 13.9. The van der Waals surface area contributed by atoms with Gasteiger partial charge in [-0.1, -0.05) is 23.8 Å². The minimum absolute atomic E-state index is 0.0784. The van der Waals surface area contributed by atoms with Gasteiger partial charge in [-0.25, -0.2) is 4.98 Å². The Hall–Kier alpha value is -1.92. The van der Waals surface area contributed by atoms with Gasteiger partial charge in [0.1, 0.15) is 0 Å². The number of nitrogens with one attached hydrogen (secondary N) is 1. The number of aliphatic hydroxyl groups excluding tert-OH is 1. The Balaban J connectivity index is 2.24. The van der Waals surface area contributed by atoms with Crippen molar-refractivity contribution >= 4 is 15.7 Å². The maximum atomic E-state index is 12.1. The van der Waals surface area contributed by atoms with Crippen LogP contribution in [-0.4, -0.2) is 18.5 Å². The number of nitrogens with zero attached hydrogens (tertiary/aromatic N) is 1. The van der Waals surface area contributed by atoms with Crippen LogP contribution in [0.4, 0.5) is 5.69 Å². The van der Waals surface area contributed by atoms with Crippen LogP contribution in [0.15, 0.2) is 47.6 Å². The Bertz CT molecular complexity index is 649. The molecule has 0 unspecified atom stereocenters. The van der Waals surface area contributed by atoms with Crippen molar-refractivity contribution in [2.45, 2.75) is 18.6 Å². The molecule has 0 aliphatic heterocycles. The fraction of sp³-hybridized carbons (Fsp3) is 0.154. The standard InChI is InChI=1S/C13H14N2O3S/c1-10-2-5-12(6-3-10)15-19(17,18)13-7-4-11(9-16)8-14-13/h2-8,15-16H,9H2,1H3. The molecule has 0 saturated heterocycles. The van der Waals surface area contributed by atoms with Gasteiger partial charge in [-0.3, -0.25) is 4.72 Å². The predicted molar refractivity (Wildman–Crippen MR) is 72.1 cm³/mol. The van der Waals surface area contributed by atoms with Crippen molar-refractivity contribution in [1.29, 1.82) is 0 Å². The van der Waals surface area contributed by atoms with Crippen molar-refractivity contribution in [2.75, 3.05) is 4.72 Å². The third-order valence-electron chi connectivity index (χ3n) is 2.56. The number of pyridine rings is 1. The Labute approximate surface area is 112 Å². The first kappa shape index (κ1) is 13.5. The molecule has 1 aromatic carbocycles. The third-order valence-corrected chi connectivity index (χ3v) is 3.86. The largest absolute Gasteiger partial charge is 0.392 e. The molecule has 5 nitrogen and oxygen atoms in total. The number of aliphatic hydroxyl groups is 1. The zero-order valence-electron chi connectivity index (χ0n) is 10.4. The van der Waals surface area contributed by atoms with Gasteiger partial charge in [-0.2, -0.15) is 8.42 Å². The highest BCUT2D eigenvalue weighted by Crippen LogP contribution is 2.15. The van der Waals surface area contributed by atoms with E-state index in [0.29, 0.717) is 11.3 Å². The summed E-state index contributed by atoms with van der Waals surface area (Å²) in [5.74, 6) is 0. The van der Waals surface area contributed by atoms with E-state index in [0.717, 1.165) is 5.56 Å². The fourth-order valence-electron chi connectivity index (χ4n) is 1.49. The molecule has 0 bridgehead atoms. The molecule has 0 aliphatic rings. The smallest absolute Gasteiger partial charge is 0.279 e. The van der Waals surface area contributed by atoms with Gasteiger partial charge >= 0.3 is 0 Å². The van der Waals surface area contributed by atoms with E-state index in [9.17, 15) is 8.42 Å². The van der Waals surface area contributed by atoms with Crippen LogP contribution in [0.25, 0.3) is 0 Å². The second-order valence-corrected chi connectivity index (χ2v) is 5.76. The van der Waals surface area contributed by atoms with Crippen LogP contribution < -0.4 is 4.72 Å². The van der Waals surface area contributed by atoms with Gasteiger partial charge in [0.25, 0.3) is 10.0 Å². The number of aromatic nitrogens is 1. The Morgan fingerprint density at radius 2 is 1.84 bits per heavy atom. The molecule has 2 rings (SSSR count). The monoisotopic (exact) mass is 278 g/mol. The van der Waals surface area contributed by atoms with Gasteiger partial charge in [0.05, 0.1) is 6.61 Å². The van der Waals surface area contributed by atoms with E-state index in [-0.39, 0.29) is 11.6 Å². The molecule has 0 fully saturated rings. The average Bonchev–Trinajstić information content (AvgIpc) is 2.41. The molecule has 2 N–H and O–H groups in total. The highest BCUT2D eigenvalue weighted by molar-refractivity contribution is 7.92. The second-order valence-electron chi connectivity index (χ2n) is 4.13. The molecule has 1 heterocycles. The normalized spacial score (nSPS) is 11.3. The molecule has 1 aromatic heterocycles. The summed E-state index contributed by atoms with van der Waals surface area (Å²) in [7, 11) is -3.69. The molecule has 2 aromatic rings. The van der Waals surface area contributed by atoms with Crippen LogP contribution in [0.1, 0.15) is 11.1 Å². The maximum absolute atomic E-state index is 12.1. The number of rotatable bonds is 4. The third kappa shape index (κ3) is 3.30. The summed E-state index contributed by atoms with van der Waals surface area (Å²) in [6.45, 7) is 1.76. The number of benzene rings is 1. The van der Waals surface area contributed by atoms with Gasteiger partial charge in [-0.15, -0.1) is 0 Å². The van der Waals surface area contributed by atoms with Crippen LogP contribution in [0, 0.1) is 6.92 Å². The lowest BCUT2D eigenvalue weighted by molar-refractivity contribution is 0.281. The molecule has 100 valence electrons. The number of sulfonamides is 1. The fourth-order valence-corrected chi connectivity index (χ4v) is 2.48. The van der Waals surface area contributed by atoms with E-state index in [4.69, 9.17) is 5.11 Å². The molecule has 0 radical (unpaired) electrons. The summed E-state index contributed by atoms with van der Waals surface area (Å²) in [5, 5.41) is 8.81. The minimum Gasteiger partial charge on any atom is -0.392 e. The maximum Gasteiger partial charge on any atom is 0.279 e. The average molecular weight is 278 g/mol. The summed E-state index contributed by atoms with van der Waals surface area (Å²) in [5.41, 5.74) is 2.10. The lowest BCUT2D eigenvalue weighted by Gasteiger charge is -2.07. The van der Waals surface area contributed by atoms with E-state index < -0.39 is 10.0 Å². The molecule has 0 spiro atoms. The number of hydrogen-bond acceptors (Lipinski definition) is 4. The van der Waals surface area contributed by atoms with Gasteiger partial charge in [0.15, 0.2) is 5.03 Å². The summed E-state index contributed by atoms with van der Waals surface area (Å²) in [4.78, 5) is 3.82. The Morgan fingerprint density at radius 3 is 2.37 bits per heavy atom. The topological polar surface area (TPSA) is 79.3 Å². The predicted octanol–water partition coefficient (Wildman–Crippen LogP) is 1.68. The SMILES string of the molecule is Cc1ccc(NS(=O)(=O)c2ccc(CO)cn2)cc1. The van der Waals surface area contributed by atoms with Gasteiger partial charge in [0, 0.05) is 11.9 Å². The molecular weight excluding hydrogens is 264 g/mol. The van der Waals surface area contributed by atoms with Gasteiger partial charge in [-0.05, 0) is 30.7 Å². The van der Waals surface area contributed by atoms with Gasteiger partial charge in [0.2, 0.25) is 0 Å². The van der Waals surface area contributed by atoms with Crippen LogP contribution >= 0.6 is 0 Å². The first-order valence-corrected chi connectivity index (χ1v) is 7.15. The van der Waals surface area contributed by atoms with Crippen molar-refractivity contribution in [3.05, 3.63) is 53.7 Å². The van der Waals surface area contributed by atoms with E-state index in [1.165, 1.54) is 18.3 Å². The van der Waals surface area contributed by atoms with E-state index >= 15 is 0 Å². The molecular formula is C13H14N2O3S. The highest BCUT2D eigenvalue weighted by Gasteiger charge is 2.15. The van der Waals surface area contributed by atoms with Crippen molar-refractivity contribution in [3.8, 4) is 0 Å². The summed E-state index contributed by atoms with van der Waals surface area (Å²) >= 11 is 0. The lowest BCUT2D eigenvalue weighted by Crippen LogP contribution is -2.14. The molecule has 6 heteroatoms. The van der Waals surface area contributed by atoms with Crippen LogP contribution in [0.3, 0.4) is 0 Å². The molecule has 0 aliphatic carbocycles. The Morgan fingerprint density at radius 1 is 1.16 bits per heavy atom. The van der Waals surface area contributed by atoms with Crippen molar-refractivity contribution < 1.29 is 13.5 Å². The quantitative estimate of drug-likeness (QED) is 0.892. The number of aryl methyl sites for hydroxylation is 1. The summed E-state index contributed by atoms with van der Waals surface area (Å²) < 4.78 is 26.5. The molecule has 0 saturated carbocycles. The second kappa shape index (κ2) is 5.38.